The van der Waals surface area contributed by atoms with Gasteiger partial charge in [-0.05, 0) is 25.3 Å². The fourth-order valence-corrected chi connectivity index (χ4v) is 1.82. The van der Waals surface area contributed by atoms with Crippen LogP contribution >= 0.6 is 0 Å². The van der Waals surface area contributed by atoms with Crippen LogP contribution in [0.2, 0.25) is 0 Å². The summed E-state index contributed by atoms with van der Waals surface area (Å²) in [5.41, 5.74) is 5.60. The van der Waals surface area contributed by atoms with Gasteiger partial charge < -0.3 is 10.6 Å². The minimum absolute atomic E-state index is 0.122. The average Bonchev–Trinajstić information content (AvgIpc) is 2.16. The number of piperidine rings is 1. The highest BCUT2D eigenvalue weighted by Gasteiger charge is 2.23. The molecule has 2 N–H and O–H groups in total. The highest BCUT2D eigenvalue weighted by Crippen LogP contribution is 2.16. The Labute approximate surface area is 80.3 Å². The van der Waals surface area contributed by atoms with Crippen molar-refractivity contribution in [3.63, 3.8) is 0 Å². The maximum absolute atomic E-state index is 11.6. The molecule has 1 unspecified atom stereocenters. The summed E-state index contributed by atoms with van der Waals surface area (Å²) in [5.74, 6) is 0.922. The number of likely N-dealkylation sites (tertiary alicyclic amines) is 1. The average molecular weight is 184 g/mol. The molecule has 1 rings (SSSR count). The second kappa shape index (κ2) is 4.61. The van der Waals surface area contributed by atoms with Crippen LogP contribution in [0.1, 0.15) is 26.7 Å². The first kappa shape index (κ1) is 10.5. The summed E-state index contributed by atoms with van der Waals surface area (Å²) in [6.07, 6.45) is 2.29. The zero-order valence-corrected chi connectivity index (χ0v) is 8.62. The third kappa shape index (κ3) is 2.69. The summed E-state index contributed by atoms with van der Waals surface area (Å²) in [5, 5.41) is 0. The molecule has 0 radical (unpaired) electrons. The Morgan fingerprint density at radius 1 is 1.62 bits per heavy atom. The molecule has 0 saturated carbocycles. The lowest BCUT2D eigenvalue weighted by molar-refractivity contribution is -0.136. The van der Waals surface area contributed by atoms with Gasteiger partial charge >= 0.3 is 0 Å². The maximum Gasteiger partial charge on any atom is 0.225 e. The fourth-order valence-electron chi connectivity index (χ4n) is 1.82. The predicted molar refractivity (Wildman–Crippen MR) is 53.2 cm³/mol. The smallest absolute Gasteiger partial charge is 0.225 e. The van der Waals surface area contributed by atoms with E-state index in [2.05, 4.69) is 0 Å². The van der Waals surface area contributed by atoms with Crippen LogP contribution in [0.3, 0.4) is 0 Å². The monoisotopic (exact) mass is 184 g/mol. The predicted octanol–water partition coefficient (Wildman–Crippen LogP) is 0.840. The van der Waals surface area contributed by atoms with Gasteiger partial charge in [0.05, 0.1) is 0 Å². The zero-order chi connectivity index (χ0) is 9.84. The van der Waals surface area contributed by atoms with Crippen molar-refractivity contribution >= 4 is 5.91 Å². The fraction of sp³-hybridized carbons (Fsp3) is 0.900. The van der Waals surface area contributed by atoms with Crippen molar-refractivity contribution in [2.24, 2.45) is 17.6 Å². The second-order valence-electron chi connectivity index (χ2n) is 4.18. The number of rotatable bonds is 2. The van der Waals surface area contributed by atoms with E-state index >= 15 is 0 Å². The van der Waals surface area contributed by atoms with Gasteiger partial charge in [-0.1, -0.05) is 13.8 Å². The van der Waals surface area contributed by atoms with Gasteiger partial charge in [-0.2, -0.15) is 0 Å². The van der Waals surface area contributed by atoms with Gasteiger partial charge in [-0.3, -0.25) is 4.79 Å². The second-order valence-corrected chi connectivity index (χ2v) is 4.18. The van der Waals surface area contributed by atoms with E-state index in [0.717, 1.165) is 19.5 Å². The lowest BCUT2D eigenvalue weighted by Crippen LogP contribution is -2.43. The van der Waals surface area contributed by atoms with Gasteiger partial charge in [0, 0.05) is 19.0 Å². The molecule has 1 aliphatic rings. The van der Waals surface area contributed by atoms with Crippen molar-refractivity contribution in [1.29, 1.82) is 0 Å². The van der Waals surface area contributed by atoms with Crippen LogP contribution in [0, 0.1) is 11.8 Å². The van der Waals surface area contributed by atoms with Gasteiger partial charge in [0.25, 0.3) is 0 Å². The van der Waals surface area contributed by atoms with Crippen molar-refractivity contribution < 1.29 is 4.79 Å². The molecule has 1 amide bonds. The Kier molecular flexibility index (Phi) is 3.72. The van der Waals surface area contributed by atoms with Crippen LogP contribution < -0.4 is 5.73 Å². The molecule has 0 bridgehead atoms. The molecule has 3 nitrogen and oxygen atoms in total. The molecule has 0 aromatic carbocycles. The van der Waals surface area contributed by atoms with E-state index in [-0.39, 0.29) is 11.8 Å². The molecular weight excluding hydrogens is 164 g/mol. The minimum Gasteiger partial charge on any atom is -0.342 e. The van der Waals surface area contributed by atoms with Crippen molar-refractivity contribution in [2.75, 3.05) is 19.6 Å². The van der Waals surface area contributed by atoms with E-state index in [0.29, 0.717) is 12.5 Å². The van der Waals surface area contributed by atoms with Crippen molar-refractivity contribution in [3.05, 3.63) is 0 Å². The summed E-state index contributed by atoms with van der Waals surface area (Å²) in [6.45, 7) is 6.41. The lowest BCUT2D eigenvalue weighted by Gasteiger charge is -2.33. The van der Waals surface area contributed by atoms with E-state index in [1.165, 1.54) is 6.42 Å². The molecule has 0 spiro atoms. The quantitative estimate of drug-likeness (QED) is 0.691. The lowest BCUT2D eigenvalue weighted by atomic mass is 9.97. The highest BCUT2D eigenvalue weighted by atomic mass is 16.2. The topological polar surface area (TPSA) is 46.3 Å². The number of carbonyl (C=O) groups is 1. The van der Waals surface area contributed by atoms with Gasteiger partial charge in [-0.15, -0.1) is 0 Å². The third-order valence-corrected chi connectivity index (χ3v) is 2.66. The molecule has 0 aliphatic carbocycles. The van der Waals surface area contributed by atoms with E-state index in [1.807, 2.05) is 18.7 Å². The molecule has 13 heavy (non-hydrogen) atoms. The zero-order valence-electron chi connectivity index (χ0n) is 8.62. The first-order valence-corrected chi connectivity index (χ1v) is 5.14. The minimum atomic E-state index is 0.122. The van der Waals surface area contributed by atoms with E-state index in [9.17, 15) is 4.79 Å². The molecule has 76 valence electrons. The van der Waals surface area contributed by atoms with Gasteiger partial charge in [-0.25, -0.2) is 0 Å². The van der Waals surface area contributed by atoms with Crippen LogP contribution in [0.25, 0.3) is 0 Å². The standard InChI is InChI=1S/C10H20N2O/c1-8(2)10(13)12-5-3-4-9(6-11)7-12/h8-9H,3-7,11H2,1-2H3. The summed E-state index contributed by atoms with van der Waals surface area (Å²) < 4.78 is 0. The van der Waals surface area contributed by atoms with E-state index in [4.69, 9.17) is 5.73 Å². The summed E-state index contributed by atoms with van der Waals surface area (Å²) in [6, 6.07) is 0. The number of hydrogen-bond acceptors (Lipinski definition) is 2. The van der Waals surface area contributed by atoms with Gasteiger partial charge in [0.1, 0.15) is 0 Å². The molecule has 1 aliphatic heterocycles. The van der Waals surface area contributed by atoms with Crippen molar-refractivity contribution in [2.45, 2.75) is 26.7 Å². The Hall–Kier alpha value is -0.570. The molecule has 1 saturated heterocycles. The summed E-state index contributed by atoms with van der Waals surface area (Å²) in [4.78, 5) is 13.6. The number of nitrogens with zero attached hydrogens (tertiary/aromatic N) is 1. The number of carbonyl (C=O) groups excluding carboxylic acids is 1. The molecule has 1 fully saturated rings. The summed E-state index contributed by atoms with van der Waals surface area (Å²) >= 11 is 0. The number of hydrogen-bond donors (Lipinski definition) is 1. The molecule has 0 aromatic heterocycles. The highest BCUT2D eigenvalue weighted by molar-refractivity contribution is 5.78. The Morgan fingerprint density at radius 2 is 2.31 bits per heavy atom. The largest absolute Gasteiger partial charge is 0.342 e. The van der Waals surface area contributed by atoms with Gasteiger partial charge in [0.15, 0.2) is 0 Å². The first-order chi connectivity index (χ1) is 6.15. The first-order valence-electron chi connectivity index (χ1n) is 5.14. The summed E-state index contributed by atoms with van der Waals surface area (Å²) in [7, 11) is 0. The number of nitrogens with two attached hydrogens (primary N) is 1. The molecule has 3 heteroatoms. The Balaban J connectivity index is 2.46. The normalized spacial score (nSPS) is 23.7. The molecule has 1 atom stereocenters. The Morgan fingerprint density at radius 3 is 2.85 bits per heavy atom. The van der Waals surface area contributed by atoms with Crippen LogP contribution in [0.4, 0.5) is 0 Å². The SMILES string of the molecule is CC(C)C(=O)N1CCCC(CN)C1. The van der Waals surface area contributed by atoms with Crippen molar-refractivity contribution in [3.8, 4) is 0 Å². The third-order valence-electron chi connectivity index (χ3n) is 2.66. The van der Waals surface area contributed by atoms with Crippen molar-refractivity contribution in [1.82, 2.24) is 4.90 Å². The van der Waals surface area contributed by atoms with E-state index in [1.54, 1.807) is 0 Å². The molecule has 0 aromatic rings. The van der Waals surface area contributed by atoms with E-state index < -0.39 is 0 Å². The molecule has 1 heterocycles. The maximum atomic E-state index is 11.6. The number of amides is 1. The molecular formula is C10H20N2O. The van der Waals surface area contributed by atoms with Crippen LogP contribution in [0.5, 0.6) is 0 Å². The van der Waals surface area contributed by atoms with Crippen LogP contribution in [-0.2, 0) is 4.79 Å². The van der Waals surface area contributed by atoms with Crippen LogP contribution in [-0.4, -0.2) is 30.4 Å². The Bertz CT molecular complexity index is 180. The van der Waals surface area contributed by atoms with Crippen LogP contribution in [0.15, 0.2) is 0 Å². The van der Waals surface area contributed by atoms with Gasteiger partial charge in [0.2, 0.25) is 5.91 Å².